The van der Waals surface area contributed by atoms with E-state index in [0.29, 0.717) is 5.56 Å². The minimum atomic E-state index is -0.0762. The minimum Gasteiger partial charge on any atom is -0.329 e. The van der Waals surface area contributed by atoms with Crippen molar-refractivity contribution in [1.29, 1.82) is 0 Å². The smallest absolute Gasteiger partial charge is 0.255 e. The quantitative estimate of drug-likeness (QED) is 0.700. The third-order valence-corrected chi connectivity index (χ3v) is 5.21. The van der Waals surface area contributed by atoms with Gasteiger partial charge in [0.2, 0.25) is 0 Å². The summed E-state index contributed by atoms with van der Waals surface area (Å²) in [6.07, 6.45) is 0. The molecule has 1 aromatic heterocycles. The molecular weight excluding hydrogens is 328 g/mol. The Labute approximate surface area is 152 Å². The highest BCUT2D eigenvalue weighted by Crippen LogP contribution is 2.14. The number of hydrogen-bond acceptors (Lipinski definition) is 2. The summed E-state index contributed by atoms with van der Waals surface area (Å²) in [6.45, 7) is 4.14. The number of benzene rings is 2. The van der Waals surface area contributed by atoms with Gasteiger partial charge >= 0.3 is 0 Å². The summed E-state index contributed by atoms with van der Waals surface area (Å²) < 4.78 is 0. The van der Waals surface area contributed by atoms with E-state index in [0.717, 1.165) is 18.8 Å². The molecule has 0 bridgehead atoms. The Hall–Kier alpha value is -2.43. The minimum absolute atomic E-state index is 0.0762. The molecule has 0 aliphatic rings. The summed E-state index contributed by atoms with van der Waals surface area (Å²) in [5.41, 5.74) is 4.10. The molecule has 0 saturated carbocycles. The van der Waals surface area contributed by atoms with Crippen molar-refractivity contribution in [2.45, 2.75) is 20.0 Å². The molecule has 4 heteroatoms. The van der Waals surface area contributed by atoms with Crippen molar-refractivity contribution in [3.63, 3.8) is 0 Å². The van der Waals surface area contributed by atoms with Crippen LogP contribution in [0, 0.1) is 6.92 Å². The normalized spacial score (nSPS) is 11.9. The molecule has 1 amide bonds. The van der Waals surface area contributed by atoms with Crippen LogP contribution >= 0.6 is 11.3 Å². The van der Waals surface area contributed by atoms with Crippen LogP contribution in [0.2, 0.25) is 0 Å². The number of aryl methyl sites for hydroxylation is 1. The first kappa shape index (κ1) is 17.4. The molecule has 25 heavy (non-hydrogen) atoms. The third kappa shape index (κ3) is 4.78. The second kappa shape index (κ2) is 8.10. The van der Waals surface area contributed by atoms with Gasteiger partial charge in [-0.1, -0.05) is 30.3 Å². The van der Waals surface area contributed by atoms with Gasteiger partial charge in [-0.05, 0) is 48.2 Å². The van der Waals surface area contributed by atoms with Crippen LogP contribution in [0.15, 0.2) is 66.0 Å². The number of anilines is 1. The number of quaternary nitrogens is 1. The van der Waals surface area contributed by atoms with Crippen molar-refractivity contribution in [2.75, 3.05) is 12.4 Å². The maximum Gasteiger partial charge on any atom is 0.255 e. The summed E-state index contributed by atoms with van der Waals surface area (Å²) in [4.78, 5) is 15.2. The molecule has 0 radical (unpaired) electrons. The fourth-order valence-corrected chi connectivity index (χ4v) is 3.79. The van der Waals surface area contributed by atoms with Crippen molar-refractivity contribution >= 4 is 22.9 Å². The molecule has 2 aromatic carbocycles. The lowest BCUT2D eigenvalue weighted by atomic mass is 10.1. The van der Waals surface area contributed by atoms with E-state index in [9.17, 15) is 4.79 Å². The highest BCUT2D eigenvalue weighted by atomic mass is 32.1. The van der Waals surface area contributed by atoms with Gasteiger partial charge in [-0.25, -0.2) is 0 Å². The molecule has 0 saturated heterocycles. The molecule has 1 atom stereocenters. The SMILES string of the molecule is Cc1ccsc1C[NH+](C)Cc1ccc(C(=O)Nc2ccccc2)cc1. The van der Waals surface area contributed by atoms with Crippen molar-refractivity contribution < 1.29 is 9.69 Å². The lowest BCUT2D eigenvalue weighted by Gasteiger charge is -2.14. The van der Waals surface area contributed by atoms with E-state index in [-0.39, 0.29) is 5.91 Å². The lowest BCUT2D eigenvalue weighted by Crippen LogP contribution is -3.06. The molecule has 0 fully saturated rings. The number of nitrogens with one attached hydrogen (secondary N) is 2. The van der Waals surface area contributed by atoms with Gasteiger partial charge in [-0.2, -0.15) is 0 Å². The second-order valence-corrected chi connectivity index (χ2v) is 7.36. The van der Waals surface area contributed by atoms with Crippen LogP contribution in [0.1, 0.15) is 26.4 Å². The van der Waals surface area contributed by atoms with Gasteiger partial charge in [-0.3, -0.25) is 4.79 Å². The Morgan fingerprint density at radius 2 is 1.72 bits per heavy atom. The molecule has 3 aromatic rings. The summed E-state index contributed by atoms with van der Waals surface area (Å²) >= 11 is 1.82. The van der Waals surface area contributed by atoms with Gasteiger partial charge in [0.1, 0.15) is 13.1 Å². The second-order valence-electron chi connectivity index (χ2n) is 6.35. The average Bonchev–Trinajstić information content (AvgIpc) is 3.01. The van der Waals surface area contributed by atoms with E-state index in [1.165, 1.54) is 20.9 Å². The first-order valence-electron chi connectivity index (χ1n) is 8.41. The van der Waals surface area contributed by atoms with Crippen molar-refractivity contribution in [1.82, 2.24) is 0 Å². The maximum absolute atomic E-state index is 12.3. The van der Waals surface area contributed by atoms with Gasteiger partial charge in [0.25, 0.3) is 5.91 Å². The van der Waals surface area contributed by atoms with Crippen LogP contribution in [0.3, 0.4) is 0 Å². The van der Waals surface area contributed by atoms with E-state index >= 15 is 0 Å². The predicted octanol–water partition coefficient (Wildman–Crippen LogP) is 3.52. The Bertz CT molecular complexity index is 825. The van der Waals surface area contributed by atoms with Gasteiger partial charge in [-0.15, -0.1) is 11.3 Å². The van der Waals surface area contributed by atoms with Crippen LogP contribution in [-0.2, 0) is 13.1 Å². The van der Waals surface area contributed by atoms with Crippen molar-refractivity contribution in [2.24, 2.45) is 0 Å². The number of hydrogen-bond donors (Lipinski definition) is 2. The van der Waals surface area contributed by atoms with Gasteiger partial charge in [0.15, 0.2) is 0 Å². The number of carbonyl (C=O) groups is 1. The standard InChI is InChI=1S/C21H22N2OS/c1-16-12-13-25-20(16)15-23(2)14-17-8-10-18(11-9-17)21(24)22-19-6-4-3-5-7-19/h3-13H,14-15H2,1-2H3,(H,22,24)/p+1. The molecule has 0 spiro atoms. The summed E-state index contributed by atoms with van der Waals surface area (Å²) in [7, 11) is 2.20. The van der Waals surface area contributed by atoms with Crippen LogP contribution < -0.4 is 10.2 Å². The Balaban J connectivity index is 1.58. The molecule has 3 rings (SSSR count). The summed E-state index contributed by atoms with van der Waals surface area (Å²) in [6, 6.07) is 19.6. The number of para-hydroxylation sites is 1. The zero-order chi connectivity index (χ0) is 17.6. The summed E-state index contributed by atoms with van der Waals surface area (Å²) in [5.74, 6) is -0.0762. The van der Waals surface area contributed by atoms with E-state index < -0.39 is 0 Å². The molecule has 0 aliphatic carbocycles. The number of thiophene rings is 1. The van der Waals surface area contributed by atoms with E-state index in [4.69, 9.17) is 0 Å². The summed E-state index contributed by atoms with van der Waals surface area (Å²) in [5, 5.41) is 5.06. The van der Waals surface area contributed by atoms with Crippen LogP contribution in [0.5, 0.6) is 0 Å². The topological polar surface area (TPSA) is 33.5 Å². The van der Waals surface area contributed by atoms with Gasteiger partial charge in [0, 0.05) is 16.8 Å². The zero-order valence-electron chi connectivity index (χ0n) is 14.6. The van der Waals surface area contributed by atoms with E-state index in [1.54, 1.807) is 0 Å². The molecular formula is C21H23N2OS+. The Kier molecular flexibility index (Phi) is 5.64. The fourth-order valence-electron chi connectivity index (χ4n) is 2.77. The van der Waals surface area contributed by atoms with Crippen molar-refractivity contribution in [3.8, 4) is 0 Å². The largest absolute Gasteiger partial charge is 0.329 e. The first-order valence-corrected chi connectivity index (χ1v) is 9.29. The number of carbonyl (C=O) groups excluding carboxylic acids is 1. The number of rotatable bonds is 6. The lowest BCUT2D eigenvalue weighted by molar-refractivity contribution is -0.907. The van der Waals surface area contributed by atoms with Crippen LogP contribution in [0.25, 0.3) is 0 Å². The Morgan fingerprint density at radius 1 is 1.00 bits per heavy atom. The molecule has 3 nitrogen and oxygen atoms in total. The molecule has 2 N–H and O–H groups in total. The highest BCUT2D eigenvalue weighted by Gasteiger charge is 2.10. The van der Waals surface area contributed by atoms with Gasteiger partial charge in [0.05, 0.1) is 11.9 Å². The van der Waals surface area contributed by atoms with E-state index in [2.05, 4.69) is 30.7 Å². The fraction of sp³-hybridized carbons (Fsp3) is 0.190. The zero-order valence-corrected chi connectivity index (χ0v) is 15.4. The molecule has 1 heterocycles. The predicted molar refractivity (Wildman–Crippen MR) is 104 cm³/mol. The molecule has 0 aliphatic heterocycles. The van der Waals surface area contributed by atoms with Gasteiger partial charge < -0.3 is 10.2 Å². The molecule has 1 unspecified atom stereocenters. The highest BCUT2D eigenvalue weighted by molar-refractivity contribution is 7.10. The van der Waals surface area contributed by atoms with Crippen LogP contribution in [0.4, 0.5) is 5.69 Å². The Morgan fingerprint density at radius 3 is 2.36 bits per heavy atom. The monoisotopic (exact) mass is 351 g/mol. The van der Waals surface area contributed by atoms with Crippen molar-refractivity contribution in [3.05, 3.63) is 87.6 Å². The average molecular weight is 351 g/mol. The third-order valence-electron chi connectivity index (χ3n) is 4.18. The van der Waals surface area contributed by atoms with E-state index in [1.807, 2.05) is 65.9 Å². The maximum atomic E-state index is 12.3. The van der Waals surface area contributed by atoms with Crippen LogP contribution in [-0.4, -0.2) is 13.0 Å². The number of amides is 1. The molecule has 128 valence electrons. The first-order chi connectivity index (χ1) is 12.1.